The maximum atomic E-state index is 11.5. The topological polar surface area (TPSA) is 37.4 Å². The Morgan fingerprint density at radius 1 is 1.07 bits per heavy atom. The van der Waals surface area contributed by atoms with E-state index in [9.17, 15) is 9.59 Å². The first kappa shape index (κ1) is 12.1. The molecule has 0 fully saturated rings. The molecule has 1 heterocycles. The Hall–Kier alpha value is -0.00364. The summed E-state index contributed by atoms with van der Waals surface area (Å²) < 4.78 is 0. The minimum absolute atomic E-state index is 0. The van der Waals surface area contributed by atoms with E-state index in [1.165, 1.54) is 4.90 Å². The van der Waals surface area contributed by atoms with E-state index >= 15 is 0 Å². The third-order valence-corrected chi connectivity index (χ3v) is 2.19. The average molecular weight is 215 g/mol. The predicted molar refractivity (Wildman–Crippen MR) is 54.6 cm³/mol. The van der Waals surface area contributed by atoms with E-state index in [0.717, 1.165) is 0 Å². The number of benzene rings is 1. The number of imide groups is 1. The Morgan fingerprint density at radius 3 is 1.86 bits per heavy atom. The first-order valence-corrected chi connectivity index (χ1v) is 4.21. The fourth-order valence-corrected chi connectivity index (χ4v) is 1.53. The van der Waals surface area contributed by atoms with Gasteiger partial charge in [0.2, 0.25) is 0 Å². The molecule has 1 aliphatic rings. The standard InChI is InChI=1S/C10H9NO2.K.H/c1-2-11-9(12)7-5-3-4-6-8(7)10(11)13;;/h3-6H,2H2,1H3;;. The zero-order valence-electron chi connectivity index (χ0n) is 7.28. The summed E-state index contributed by atoms with van der Waals surface area (Å²) in [6.45, 7) is 2.23. The number of carbonyl (C=O) groups excluding carboxylic acids is 2. The number of hydrogen-bond donors (Lipinski definition) is 0. The zero-order valence-corrected chi connectivity index (χ0v) is 7.28. The molecule has 0 N–H and O–H groups in total. The van der Waals surface area contributed by atoms with E-state index in [-0.39, 0.29) is 63.2 Å². The van der Waals surface area contributed by atoms with Gasteiger partial charge in [-0.15, -0.1) is 0 Å². The van der Waals surface area contributed by atoms with Crippen LogP contribution in [0.15, 0.2) is 24.3 Å². The monoisotopic (exact) mass is 215 g/mol. The van der Waals surface area contributed by atoms with Crippen LogP contribution in [0.1, 0.15) is 27.6 Å². The molecule has 2 rings (SSSR count). The van der Waals surface area contributed by atoms with Crippen LogP contribution in [0.4, 0.5) is 0 Å². The van der Waals surface area contributed by atoms with Crippen molar-refractivity contribution in [3.05, 3.63) is 35.4 Å². The quantitative estimate of drug-likeness (QED) is 0.509. The number of fused-ring (bicyclic) bond motifs is 1. The van der Waals surface area contributed by atoms with E-state index in [1.54, 1.807) is 31.2 Å². The fourth-order valence-electron chi connectivity index (χ4n) is 1.53. The summed E-state index contributed by atoms with van der Waals surface area (Å²) in [6, 6.07) is 6.91. The van der Waals surface area contributed by atoms with Crippen molar-refractivity contribution in [3.8, 4) is 0 Å². The molecule has 2 amide bonds. The molecule has 0 bridgehead atoms. The zero-order chi connectivity index (χ0) is 9.42. The summed E-state index contributed by atoms with van der Waals surface area (Å²) in [5.74, 6) is -0.355. The molecule has 4 heteroatoms. The van der Waals surface area contributed by atoms with Gasteiger partial charge in [0, 0.05) is 6.54 Å². The summed E-state index contributed by atoms with van der Waals surface area (Å²) in [6.07, 6.45) is 0. The molecule has 0 atom stereocenters. The molecule has 0 radical (unpaired) electrons. The minimum atomic E-state index is -0.178. The van der Waals surface area contributed by atoms with Gasteiger partial charge in [-0.1, -0.05) is 12.1 Å². The normalized spacial score (nSPS) is 13.9. The molecule has 3 nitrogen and oxygen atoms in total. The van der Waals surface area contributed by atoms with Crippen molar-refractivity contribution in [2.75, 3.05) is 6.54 Å². The van der Waals surface area contributed by atoms with Crippen molar-refractivity contribution in [3.63, 3.8) is 0 Å². The van der Waals surface area contributed by atoms with Crippen molar-refractivity contribution in [1.29, 1.82) is 0 Å². The van der Waals surface area contributed by atoms with Crippen LogP contribution in [0.25, 0.3) is 0 Å². The molecule has 0 aromatic heterocycles. The van der Waals surface area contributed by atoms with Crippen molar-refractivity contribution in [2.45, 2.75) is 6.92 Å². The summed E-state index contributed by atoms with van der Waals surface area (Å²) in [5, 5.41) is 0. The summed E-state index contributed by atoms with van der Waals surface area (Å²) in [5.41, 5.74) is 1.05. The van der Waals surface area contributed by atoms with Crippen LogP contribution in [-0.2, 0) is 0 Å². The number of hydrogen-bond acceptors (Lipinski definition) is 2. The van der Waals surface area contributed by atoms with Gasteiger partial charge in [0.25, 0.3) is 11.8 Å². The third kappa shape index (κ3) is 1.73. The second kappa shape index (κ2) is 4.68. The van der Waals surface area contributed by atoms with Crippen LogP contribution in [0.2, 0.25) is 0 Å². The van der Waals surface area contributed by atoms with E-state index < -0.39 is 0 Å². The Balaban J connectivity index is 0.000000980. The molecule has 1 aromatic rings. The maximum absolute atomic E-state index is 11.5. The number of rotatable bonds is 1. The molecule has 0 spiro atoms. The van der Waals surface area contributed by atoms with Crippen molar-refractivity contribution < 1.29 is 9.59 Å². The molecule has 0 saturated heterocycles. The van der Waals surface area contributed by atoms with Gasteiger partial charge in [-0.3, -0.25) is 14.5 Å². The van der Waals surface area contributed by atoms with Gasteiger partial charge in [0.05, 0.1) is 11.1 Å². The fraction of sp³-hybridized carbons (Fsp3) is 0.200. The number of carbonyl (C=O) groups is 2. The Morgan fingerprint density at radius 2 is 1.50 bits per heavy atom. The number of amides is 2. The SMILES string of the molecule is CCN1C(=O)c2ccccc2C1=O.[KH]. The van der Waals surface area contributed by atoms with Crippen molar-refractivity contribution in [2.24, 2.45) is 0 Å². The van der Waals surface area contributed by atoms with Crippen LogP contribution in [0.3, 0.4) is 0 Å². The molecule has 1 aromatic carbocycles. The molecule has 0 saturated carbocycles. The van der Waals surface area contributed by atoms with E-state index in [0.29, 0.717) is 17.7 Å². The van der Waals surface area contributed by atoms with Gasteiger partial charge >= 0.3 is 51.4 Å². The Kier molecular flexibility index (Phi) is 4.03. The summed E-state index contributed by atoms with van der Waals surface area (Å²) in [7, 11) is 0. The third-order valence-electron chi connectivity index (χ3n) is 2.19. The van der Waals surface area contributed by atoms with E-state index in [2.05, 4.69) is 0 Å². The molecule has 68 valence electrons. The second-order valence-electron chi connectivity index (χ2n) is 2.90. The molecule has 0 unspecified atom stereocenters. The van der Waals surface area contributed by atoms with E-state index in [1.807, 2.05) is 0 Å². The molecular weight excluding hydrogens is 205 g/mol. The van der Waals surface area contributed by atoms with Crippen molar-refractivity contribution >= 4 is 63.2 Å². The van der Waals surface area contributed by atoms with Crippen LogP contribution < -0.4 is 0 Å². The molecule has 0 aliphatic carbocycles. The van der Waals surface area contributed by atoms with Gasteiger partial charge in [0.15, 0.2) is 0 Å². The van der Waals surface area contributed by atoms with Gasteiger partial charge in [-0.05, 0) is 19.1 Å². The Bertz CT molecular complexity index is 354. The van der Waals surface area contributed by atoms with Gasteiger partial charge < -0.3 is 0 Å². The predicted octanol–water partition coefficient (Wildman–Crippen LogP) is 0.654. The van der Waals surface area contributed by atoms with Crippen LogP contribution in [0, 0.1) is 0 Å². The molecular formula is C10H10KNO2. The first-order chi connectivity index (χ1) is 6.25. The van der Waals surface area contributed by atoms with Crippen LogP contribution in [-0.4, -0.2) is 74.6 Å². The van der Waals surface area contributed by atoms with Crippen LogP contribution in [0.5, 0.6) is 0 Å². The number of nitrogens with zero attached hydrogens (tertiary/aromatic N) is 1. The van der Waals surface area contributed by atoms with Gasteiger partial charge in [0.1, 0.15) is 0 Å². The van der Waals surface area contributed by atoms with Gasteiger partial charge in [-0.2, -0.15) is 0 Å². The second-order valence-corrected chi connectivity index (χ2v) is 2.90. The summed E-state index contributed by atoms with van der Waals surface area (Å²) >= 11 is 0. The molecule has 1 aliphatic heterocycles. The van der Waals surface area contributed by atoms with Gasteiger partial charge in [-0.25, -0.2) is 0 Å². The van der Waals surface area contributed by atoms with E-state index in [4.69, 9.17) is 0 Å². The first-order valence-electron chi connectivity index (χ1n) is 4.21. The molecule has 14 heavy (non-hydrogen) atoms. The van der Waals surface area contributed by atoms with Crippen LogP contribution >= 0.6 is 0 Å². The average Bonchev–Trinajstić information content (AvgIpc) is 2.41. The Labute approximate surface area is 125 Å². The summed E-state index contributed by atoms with van der Waals surface area (Å²) in [4.78, 5) is 24.3. The van der Waals surface area contributed by atoms with Crippen molar-refractivity contribution in [1.82, 2.24) is 4.90 Å².